The summed E-state index contributed by atoms with van der Waals surface area (Å²) in [6.45, 7) is 2.37. The molecule has 2 aromatic carbocycles. The van der Waals surface area contributed by atoms with Gasteiger partial charge < -0.3 is 19.8 Å². The van der Waals surface area contributed by atoms with Gasteiger partial charge in [-0.25, -0.2) is 9.67 Å². The van der Waals surface area contributed by atoms with E-state index < -0.39 is 0 Å². The van der Waals surface area contributed by atoms with Crippen LogP contribution in [-0.2, 0) is 4.79 Å². The van der Waals surface area contributed by atoms with Gasteiger partial charge in [0.25, 0.3) is 5.56 Å². The molecule has 0 saturated heterocycles. The van der Waals surface area contributed by atoms with Crippen LogP contribution in [0.1, 0.15) is 6.92 Å². The third-order valence-corrected chi connectivity index (χ3v) is 5.41. The van der Waals surface area contributed by atoms with Gasteiger partial charge in [-0.3, -0.25) is 9.59 Å². The molecule has 0 aliphatic rings. The fourth-order valence-corrected chi connectivity index (χ4v) is 3.71. The van der Waals surface area contributed by atoms with Gasteiger partial charge in [0.1, 0.15) is 16.9 Å². The first kappa shape index (κ1) is 21.4. The molecule has 0 spiro atoms. The Balaban J connectivity index is 1.52. The van der Waals surface area contributed by atoms with Crippen LogP contribution in [0.15, 0.2) is 64.7 Å². The summed E-state index contributed by atoms with van der Waals surface area (Å²) in [6.07, 6.45) is 1.47. The number of benzene rings is 2. The van der Waals surface area contributed by atoms with Gasteiger partial charge in [-0.1, -0.05) is 23.9 Å². The number of ether oxygens (including phenoxy) is 2. The number of hydrogen-bond acceptors (Lipinski definition) is 7. The van der Waals surface area contributed by atoms with E-state index in [-0.39, 0.29) is 17.2 Å². The summed E-state index contributed by atoms with van der Waals surface area (Å²) >= 11 is 1.13. The quantitative estimate of drug-likeness (QED) is 0.312. The monoisotopic (exact) mass is 451 g/mol. The Bertz CT molecular complexity index is 1300. The van der Waals surface area contributed by atoms with E-state index in [4.69, 9.17) is 9.47 Å². The minimum absolute atomic E-state index is 0.0611. The number of carbonyl (C=O) groups is 1. The third-order valence-electron chi connectivity index (χ3n) is 4.53. The lowest BCUT2D eigenvalue weighted by molar-refractivity contribution is -0.113. The number of carbonyl (C=O) groups excluding carboxylic acids is 1. The number of aromatic amines is 1. The molecule has 4 aromatic rings. The number of rotatable bonds is 8. The molecule has 0 radical (unpaired) electrons. The van der Waals surface area contributed by atoms with Crippen LogP contribution in [0.3, 0.4) is 0 Å². The van der Waals surface area contributed by atoms with Crippen molar-refractivity contribution >= 4 is 34.4 Å². The van der Waals surface area contributed by atoms with E-state index in [1.807, 2.05) is 31.2 Å². The standard InChI is InChI=1S/C22H21N5O4S/c1-3-31-18-7-5-4-6-17(18)24-19(28)13-32-22-25-20-16(21(29)26-22)12-23-27(20)14-8-10-15(30-2)11-9-14/h4-12H,3,13H2,1-2H3,(H,24,28)(H,25,26,29). The van der Waals surface area contributed by atoms with Crippen molar-refractivity contribution in [3.05, 3.63) is 65.1 Å². The van der Waals surface area contributed by atoms with Gasteiger partial charge in [0.15, 0.2) is 10.8 Å². The maximum absolute atomic E-state index is 12.5. The van der Waals surface area contributed by atoms with Crippen molar-refractivity contribution in [1.29, 1.82) is 0 Å². The molecule has 4 rings (SSSR count). The molecule has 1 amide bonds. The molecule has 0 fully saturated rings. The van der Waals surface area contributed by atoms with Crippen molar-refractivity contribution in [2.24, 2.45) is 0 Å². The average molecular weight is 452 g/mol. The summed E-state index contributed by atoms with van der Waals surface area (Å²) in [5.74, 6) is 1.13. The summed E-state index contributed by atoms with van der Waals surface area (Å²) in [6, 6.07) is 14.5. The number of fused-ring (bicyclic) bond motifs is 1. The number of nitrogens with one attached hydrogen (secondary N) is 2. The van der Waals surface area contributed by atoms with Crippen molar-refractivity contribution in [2.45, 2.75) is 12.1 Å². The number of thioether (sulfide) groups is 1. The van der Waals surface area contributed by atoms with E-state index in [0.29, 0.717) is 40.0 Å². The molecule has 2 heterocycles. The smallest absolute Gasteiger partial charge is 0.262 e. The molecule has 164 valence electrons. The van der Waals surface area contributed by atoms with Crippen molar-refractivity contribution in [1.82, 2.24) is 19.7 Å². The summed E-state index contributed by atoms with van der Waals surface area (Å²) in [4.78, 5) is 32.2. The lowest BCUT2D eigenvalue weighted by Crippen LogP contribution is -2.16. The Morgan fingerprint density at radius 2 is 1.97 bits per heavy atom. The maximum atomic E-state index is 12.5. The number of anilines is 1. The summed E-state index contributed by atoms with van der Waals surface area (Å²) in [5, 5.41) is 7.80. The maximum Gasteiger partial charge on any atom is 0.262 e. The van der Waals surface area contributed by atoms with Gasteiger partial charge in [-0.05, 0) is 43.3 Å². The molecule has 32 heavy (non-hydrogen) atoms. The van der Waals surface area contributed by atoms with Gasteiger partial charge in [0, 0.05) is 0 Å². The Morgan fingerprint density at radius 1 is 1.19 bits per heavy atom. The molecule has 2 aromatic heterocycles. The topological polar surface area (TPSA) is 111 Å². The average Bonchev–Trinajstić information content (AvgIpc) is 3.24. The van der Waals surface area contributed by atoms with Crippen LogP contribution in [0.5, 0.6) is 11.5 Å². The Labute approximate surface area is 187 Å². The molecule has 0 aliphatic carbocycles. The van der Waals surface area contributed by atoms with Gasteiger partial charge in [-0.2, -0.15) is 5.10 Å². The number of amides is 1. The second-order valence-corrected chi connectivity index (χ2v) is 7.59. The molecular weight excluding hydrogens is 430 g/mol. The fourth-order valence-electron chi connectivity index (χ4n) is 3.05. The molecule has 2 N–H and O–H groups in total. The lowest BCUT2D eigenvalue weighted by atomic mass is 10.3. The molecule has 0 atom stereocenters. The summed E-state index contributed by atoms with van der Waals surface area (Å²) in [7, 11) is 1.59. The highest BCUT2D eigenvalue weighted by Gasteiger charge is 2.14. The van der Waals surface area contributed by atoms with E-state index in [2.05, 4.69) is 20.4 Å². The highest BCUT2D eigenvalue weighted by atomic mass is 32.2. The Kier molecular flexibility index (Phi) is 6.41. The van der Waals surface area contributed by atoms with Crippen molar-refractivity contribution in [3.63, 3.8) is 0 Å². The zero-order valence-corrected chi connectivity index (χ0v) is 18.3. The molecule has 10 heteroatoms. The Hall–Kier alpha value is -3.79. The zero-order valence-electron chi connectivity index (χ0n) is 17.5. The number of nitrogens with zero attached hydrogens (tertiary/aromatic N) is 3. The van der Waals surface area contributed by atoms with Crippen molar-refractivity contribution in [2.75, 3.05) is 24.8 Å². The number of para-hydroxylation sites is 2. The van der Waals surface area contributed by atoms with Crippen molar-refractivity contribution < 1.29 is 14.3 Å². The van der Waals surface area contributed by atoms with Crippen LogP contribution in [0, 0.1) is 0 Å². The van der Waals surface area contributed by atoms with Crippen LogP contribution in [0.25, 0.3) is 16.7 Å². The summed E-state index contributed by atoms with van der Waals surface area (Å²) < 4.78 is 12.3. The van der Waals surface area contributed by atoms with E-state index in [0.717, 1.165) is 17.4 Å². The molecule has 0 aliphatic heterocycles. The second-order valence-electron chi connectivity index (χ2n) is 6.63. The largest absolute Gasteiger partial charge is 0.497 e. The van der Waals surface area contributed by atoms with Crippen LogP contribution in [0.2, 0.25) is 0 Å². The highest BCUT2D eigenvalue weighted by molar-refractivity contribution is 7.99. The van der Waals surface area contributed by atoms with Gasteiger partial charge in [-0.15, -0.1) is 0 Å². The van der Waals surface area contributed by atoms with E-state index >= 15 is 0 Å². The normalized spacial score (nSPS) is 10.8. The minimum Gasteiger partial charge on any atom is -0.497 e. The van der Waals surface area contributed by atoms with Crippen LogP contribution in [-0.4, -0.2) is 45.1 Å². The second kappa shape index (κ2) is 9.56. The number of aromatic nitrogens is 4. The number of H-pyrrole nitrogens is 1. The summed E-state index contributed by atoms with van der Waals surface area (Å²) in [5.41, 5.74) is 1.41. The number of hydrogen-bond donors (Lipinski definition) is 2. The highest BCUT2D eigenvalue weighted by Crippen LogP contribution is 2.24. The number of methoxy groups -OCH3 is 1. The predicted molar refractivity (Wildman–Crippen MR) is 123 cm³/mol. The van der Waals surface area contributed by atoms with Crippen LogP contribution in [0.4, 0.5) is 5.69 Å². The Morgan fingerprint density at radius 3 is 2.72 bits per heavy atom. The van der Waals surface area contributed by atoms with Gasteiger partial charge in [0.2, 0.25) is 5.91 Å². The van der Waals surface area contributed by atoms with E-state index in [1.54, 1.807) is 36.1 Å². The molecule has 0 unspecified atom stereocenters. The van der Waals surface area contributed by atoms with Crippen LogP contribution < -0.4 is 20.3 Å². The first-order valence-corrected chi connectivity index (χ1v) is 10.8. The predicted octanol–water partition coefficient (Wildman–Crippen LogP) is 3.25. The first-order chi connectivity index (χ1) is 15.6. The SMILES string of the molecule is CCOc1ccccc1NC(=O)CSc1nc2c(cnn2-c2ccc(OC)cc2)c(=O)[nH]1. The molecule has 0 saturated carbocycles. The first-order valence-electron chi connectivity index (χ1n) is 9.86. The van der Waals surface area contributed by atoms with E-state index in [1.165, 1.54) is 6.20 Å². The molecule has 0 bridgehead atoms. The van der Waals surface area contributed by atoms with E-state index in [9.17, 15) is 9.59 Å². The molecular formula is C22H21N5O4S. The van der Waals surface area contributed by atoms with Crippen molar-refractivity contribution in [3.8, 4) is 17.2 Å². The van der Waals surface area contributed by atoms with Gasteiger partial charge >= 0.3 is 0 Å². The lowest BCUT2D eigenvalue weighted by Gasteiger charge is -2.11. The fraction of sp³-hybridized carbons (Fsp3) is 0.182. The third kappa shape index (κ3) is 4.59. The molecule has 9 nitrogen and oxygen atoms in total. The van der Waals surface area contributed by atoms with Gasteiger partial charge in [0.05, 0.1) is 37.0 Å². The zero-order chi connectivity index (χ0) is 22.5. The minimum atomic E-state index is -0.320. The van der Waals surface area contributed by atoms with Crippen LogP contribution >= 0.6 is 11.8 Å².